The van der Waals surface area contributed by atoms with E-state index in [1.165, 1.54) is 4.88 Å². The molecule has 0 radical (unpaired) electrons. The summed E-state index contributed by atoms with van der Waals surface area (Å²) in [5, 5.41) is 0.663. The third-order valence-electron chi connectivity index (χ3n) is 2.05. The van der Waals surface area contributed by atoms with E-state index >= 15 is 0 Å². The zero-order valence-corrected chi connectivity index (χ0v) is 12.4. The Kier molecular flexibility index (Phi) is 3.54. The van der Waals surface area contributed by atoms with Gasteiger partial charge in [0.2, 0.25) is 0 Å². The molecule has 2 nitrogen and oxygen atoms in total. The van der Waals surface area contributed by atoms with Crippen LogP contribution in [0.4, 0.5) is 0 Å². The molecule has 0 unspecified atom stereocenters. The molecule has 0 aliphatic rings. The van der Waals surface area contributed by atoms with Gasteiger partial charge in [-0.05, 0) is 35.8 Å². The number of nitrogens with zero attached hydrogens (tertiary/aromatic N) is 2. The summed E-state index contributed by atoms with van der Waals surface area (Å²) in [7, 11) is 0. The van der Waals surface area contributed by atoms with Crippen molar-refractivity contribution in [1.82, 2.24) is 9.97 Å². The molecular weight excluding hydrogens is 331 g/mol. The molecule has 0 spiro atoms. The van der Waals surface area contributed by atoms with Crippen LogP contribution in [-0.4, -0.2) is 9.97 Å². The summed E-state index contributed by atoms with van der Waals surface area (Å²) >= 11 is 16.8. The molecule has 84 valence electrons. The molecule has 2 aromatic rings. The van der Waals surface area contributed by atoms with Crippen LogP contribution in [0.25, 0.3) is 11.4 Å². The molecule has 0 aromatic carbocycles. The highest BCUT2D eigenvalue weighted by Crippen LogP contribution is 2.33. The van der Waals surface area contributed by atoms with Crippen molar-refractivity contribution in [3.05, 3.63) is 30.6 Å². The molecule has 0 saturated heterocycles. The predicted molar refractivity (Wildman–Crippen MR) is 72.5 cm³/mol. The molecule has 2 aromatic heterocycles. The van der Waals surface area contributed by atoms with E-state index in [4.69, 9.17) is 23.2 Å². The van der Waals surface area contributed by atoms with Crippen LogP contribution >= 0.6 is 50.5 Å². The Morgan fingerprint density at radius 3 is 2.19 bits per heavy atom. The normalized spacial score (nSPS) is 10.8. The van der Waals surface area contributed by atoms with E-state index in [1.54, 1.807) is 11.3 Å². The molecule has 0 aliphatic heterocycles. The molecule has 0 fully saturated rings. The van der Waals surface area contributed by atoms with Crippen LogP contribution < -0.4 is 0 Å². The average molecular weight is 338 g/mol. The second kappa shape index (κ2) is 4.61. The molecule has 0 saturated carbocycles. The minimum atomic E-state index is 0.332. The fourth-order valence-electron chi connectivity index (χ4n) is 1.37. The van der Waals surface area contributed by atoms with Crippen LogP contribution in [0.2, 0.25) is 10.3 Å². The van der Waals surface area contributed by atoms with Gasteiger partial charge in [0.1, 0.15) is 10.3 Å². The van der Waals surface area contributed by atoms with Crippen molar-refractivity contribution < 1.29 is 0 Å². The number of hydrogen-bond acceptors (Lipinski definition) is 3. The molecule has 16 heavy (non-hydrogen) atoms. The van der Waals surface area contributed by atoms with Crippen LogP contribution in [0.1, 0.15) is 9.75 Å². The van der Waals surface area contributed by atoms with Crippen molar-refractivity contribution in [2.45, 2.75) is 13.8 Å². The molecule has 2 rings (SSSR count). The van der Waals surface area contributed by atoms with Gasteiger partial charge in [-0.3, -0.25) is 0 Å². The lowest BCUT2D eigenvalue weighted by Crippen LogP contribution is -1.91. The summed E-state index contributed by atoms with van der Waals surface area (Å²) in [6.45, 7) is 4.07. The first-order valence-corrected chi connectivity index (χ1v) is 6.81. The van der Waals surface area contributed by atoms with Gasteiger partial charge in [-0.25, -0.2) is 9.97 Å². The Balaban J connectivity index is 2.61. The average Bonchev–Trinajstić information content (AvgIpc) is 2.53. The molecule has 0 N–H and O–H groups in total. The van der Waals surface area contributed by atoms with Crippen LogP contribution in [0.5, 0.6) is 0 Å². The number of rotatable bonds is 1. The molecule has 0 atom stereocenters. The van der Waals surface area contributed by atoms with Crippen molar-refractivity contribution >= 4 is 50.5 Å². The molecule has 0 amide bonds. The van der Waals surface area contributed by atoms with Crippen molar-refractivity contribution in [2.24, 2.45) is 0 Å². The van der Waals surface area contributed by atoms with Crippen molar-refractivity contribution in [3.63, 3.8) is 0 Å². The first kappa shape index (κ1) is 12.3. The molecule has 2 heterocycles. The van der Waals surface area contributed by atoms with Crippen LogP contribution in [-0.2, 0) is 0 Å². The van der Waals surface area contributed by atoms with Crippen molar-refractivity contribution in [3.8, 4) is 11.4 Å². The monoisotopic (exact) mass is 336 g/mol. The highest BCUT2D eigenvalue weighted by atomic mass is 79.9. The van der Waals surface area contributed by atoms with E-state index in [2.05, 4.69) is 25.9 Å². The van der Waals surface area contributed by atoms with Gasteiger partial charge in [0.25, 0.3) is 0 Å². The molecule has 0 bridgehead atoms. The second-order valence-corrected chi connectivity index (χ2v) is 6.24. The summed E-state index contributed by atoms with van der Waals surface area (Å²) in [4.78, 5) is 10.8. The van der Waals surface area contributed by atoms with E-state index < -0.39 is 0 Å². The van der Waals surface area contributed by atoms with E-state index in [0.29, 0.717) is 20.6 Å². The Morgan fingerprint density at radius 2 is 1.75 bits per heavy atom. The second-order valence-electron chi connectivity index (χ2n) is 3.27. The standard InChI is InChI=1S/C10H7BrCl2N2S/c1-4-3-6(5(2)16-4)10-14-8(12)7(11)9(13)15-10/h3H,1-2H3. The van der Waals surface area contributed by atoms with Gasteiger partial charge in [0.15, 0.2) is 5.82 Å². The third-order valence-corrected chi connectivity index (χ3v) is 4.77. The first-order chi connectivity index (χ1) is 7.49. The largest absolute Gasteiger partial charge is 0.215 e. The van der Waals surface area contributed by atoms with E-state index in [-0.39, 0.29) is 0 Å². The maximum atomic E-state index is 5.95. The predicted octanol–water partition coefficient (Wildman–Crippen LogP) is 4.89. The van der Waals surface area contributed by atoms with Crippen LogP contribution in [0, 0.1) is 13.8 Å². The van der Waals surface area contributed by atoms with Gasteiger partial charge in [-0.1, -0.05) is 23.2 Å². The highest BCUT2D eigenvalue weighted by Gasteiger charge is 2.13. The minimum absolute atomic E-state index is 0.332. The maximum absolute atomic E-state index is 5.95. The van der Waals surface area contributed by atoms with Crippen LogP contribution in [0.3, 0.4) is 0 Å². The van der Waals surface area contributed by atoms with Gasteiger partial charge >= 0.3 is 0 Å². The van der Waals surface area contributed by atoms with Gasteiger partial charge in [0.05, 0.1) is 4.47 Å². The van der Waals surface area contributed by atoms with Gasteiger partial charge in [-0.2, -0.15) is 0 Å². The summed E-state index contributed by atoms with van der Waals surface area (Å²) in [6, 6.07) is 2.04. The number of aryl methyl sites for hydroxylation is 2. The number of thiophene rings is 1. The van der Waals surface area contributed by atoms with E-state index in [1.807, 2.05) is 19.9 Å². The maximum Gasteiger partial charge on any atom is 0.163 e. The lowest BCUT2D eigenvalue weighted by molar-refractivity contribution is 1.16. The SMILES string of the molecule is Cc1cc(-c2nc(Cl)c(Br)c(Cl)n2)c(C)s1. The number of halogens is 3. The number of aromatic nitrogens is 2. The summed E-state index contributed by atoms with van der Waals surface area (Å²) in [5.41, 5.74) is 0.985. The first-order valence-electron chi connectivity index (χ1n) is 4.45. The summed E-state index contributed by atoms with van der Waals surface area (Å²) in [5.74, 6) is 0.569. The third kappa shape index (κ3) is 2.25. The molecule has 0 aliphatic carbocycles. The Bertz CT molecular complexity index is 531. The van der Waals surface area contributed by atoms with Gasteiger partial charge < -0.3 is 0 Å². The zero-order chi connectivity index (χ0) is 11.9. The zero-order valence-electron chi connectivity index (χ0n) is 8.51. The van der Waals surface area contributed by atoms with Gasteiger partial charge in [0, 0.05) is 15.3 Å². The molecular formula is C10H7BrCl2N2S. The van der Waals surface area contributed by atoms with E-state index in [9.17, 15) is 0 Å². The highest BCUT2D eigenvalue weighted by molar-refractivity contribution is 9.10. The number of hydrogen-bond donors (Lipinski definition) is 0. The Hall–Kier alpha value is -0.160. The summed E-state index contributed by atoms with van der Waals surface area (Å²) in [6.07, 6.45) is 0. The lowest BCUT2D eigenvalue weighted by Gasteiger charge is -2.02. The van der Waals surface area contributed by atoms with Crippen LogP contribution in [0.15, 0.2) is 10.5 Å². The lowest BCUT2D eigenvalue weighted by atomic mass is 10.2. The Morgan fingerprint density at radius 1 is 1.19 bits per heavy atom. The topological polar surface area (TPSA) is 25.8 Å². The quantitative estimate of drug-likeness (QED) is 0.692. The fraction of sp³-hybridized carbons (Fsp3) is 0.200. The van der Waals surface area contributed by atoms with Crippen molar-refractivity contribution in [1.29, 1.82) is 0 Å². The van der Waals surface area contributed by atoms with Crippen molar-refractivity contribution in [2.75, 3.05) is 0 Å². The Labute approximate surface area is 116 Å². The van der Waals surface area contributed by atoms with Gasteiger partial charge in [-0.15, -0.1) is 11.3 Å². The summed E-state index contributed by atoms with van der Waals surface area (Å²) < 4.78 is 0.532. The van der Waals surface area contributed by atoms with E-state index in [0.717, 1.165) is 10.4 Å². The fourth-order valence-corrected chi connectivity index (χ4v) is 2.85. The molecule has 6 heteroatoms. The minimum Gasteiger partial charge on any atom is -0.215 e. The smallest absolute Gasteiger partial charge is 0.163 e.